The predicted molar refractivity (Wildman–Crippen MR) is 136 cm³/mol. The van der Waals surface area contributed by atoms with Crippen LogP contribution in [0, 0.1) is 17.8 Å². The lowest BCUT2D eigenvalue weighted by atomic mass is 9.41. The number of carbonyl (C=O) groups is 1. The van der Waals surface area contributed by atoms with Gasteiger partial charge in [-0.05, 0) is 87.8 Å². The molecule has 0 saturated heterocycles. The Balaban J connectivity index is 1.17. The van der Waals surface area contributed by atoms with Crippen molar-refractivity contribution in [1.29, 1.82) is 0 Å². The second kappa shape index (κ2) is 8.35. The molecule has 0 unspecified atom stereocenters. The summed E-state index contributed by atoms with van der Waals surface area (Å²) in [4.78, 5) is 28.6. The molecule has 0 atom stereocenters. The van der Waals surface area contributed by atoms with Gasteiger partial charge in [-0.15, -0.1) is 0 Å². The molecule has 2 aromatic heterocycles. The van der Waals surface area contributed by atoms with Crippen LogP contribution in [0.4, 0.5) is 18.9 Å². The maximum Gasteiger partial charge on any atom is 0.300 e. The molecule has 6 aliphatic carbocycles. The highest BCUT2D eigenvalue weighted by molar-refractivity contribution is 6.00. The molecule has 1 amide bonds. The van der Waals surface area contributed by atoms with Crippen LogP contribution in [-0.2, 0) is 10.2 Å². The molecule has 6 aliphatic rings. The fourth-order valence-corrected chi connectivity index (χ4v) is 7.55. The normalized spacial score (nSPS) is 32.5. The first kappa shape index (κ1) is 24.7. The number of halogens is 3. The van der Waals surface area contributed by atoms with Gasteiger partial charge < -0.3 is 9.42 Å². The minimum Gasteiger partial charge on any atom is -0.339 e. The zero-order valence-corrected chi connectivity index (χ0v) is 21.8. The molecular formula is C29H30F3N5O2. The number of rotatable bonds is 7. The van der Waals surface area contributed by atoms with E-state index < -0.39 is 23.3 Å². The number of aryl methyl sites for hydroxylation is 1. The van der Waals surface area contributed by atoms with Crippen LogP contribution >= 0.6 is 0 Å². The lowest BCUT2D eigenvalue weighted by molar-refractivity contribution is -0.211. The van der Waals surface area contributed by atoms with E-state index in [0.29, 0.717) is 37.5 Å². The summed E-state index contributed by atoms with van der Waals surface area (Å²) in [7, 11) is 0. The van der Waals surface area contributed by atoms with Crippen LogP contribution in [-0.4, -0.2) is 38.2 Å². The SMILES string of the molecule is Cc1ncc(-c2cccc(N(CC34CCC(c5nc(C(F)F)no5)(CC3)CC4)C(=O)C34CC(F)(C3)C4)c2)cn1. The number of anilines is 1. The molecule has 9 rings (SSSR count). The molecule has 10 heteroatoms. The Hall–Kier alpha value is -3.30. The smallest absolute Gasteiger partial charge is 0.300 e. The van der Waals surface area contributed by atoms with Crippen LogP contribution in [0.2, 0.25) is 0 Å². The van der Waals surface area contributed by atoms with Gasteiger partial charge in [0.05, 0.1) is 5.41 Å². The zero-order valence-electron chi connectivity index (χ0n) is 21.8. The molecule has 0 aliphatic heterocycles. The largest absolute Gasteiger partial charge is 0.339 e. The van der Waals surface area contributed by atoms with E-state index in [9.17, 15) is 18.0 Å². The maximum atomic E-state index is 14.5. The van der Waals surface area contributed by atoms with Crippen molar-refractivity contribution >= 4 is 11.6 Å². The van der Waals surface area contributed by atoms with Gasteiger partial charge in [-0.1, -0.05) is 17.3 Å². The summed E-state index contributed by atoms with van der Waals surface area (Å²) in [5, 5.41) is 3.49. The molecule has 0 radical (unpaired) electrons. The van der Waals surface area contributed by atoms with Gasteiger partial charge in [0.2, 0.25) is 17.6 Å². The molecule has 3 aromatic rings. The van der Waals surface area contributed by atoms with Gasteiger partial charge in [-0.3, -0.25) is 4.79 Å². The molecule has 6 fully saturated rings. The number of carbonyl (C=O) groups excluding carboxylic acids is 1. The van der Waals surface area contributed by atoms with E-state index in [2.05, 4.69) is 20.1 Å². The van der Waals surface area contributed by atoms with E-state index in [1.807, 2.05) is 36.1 Å². The van der Waals surface area contributed by atoms with Crippen molar-refractivity contribution in [3.63, 3.8) is 0 Å². The van der Waals surface area contributed by atoms with Crippen molar-refractivity contribution in [2.45, 2.75) is 82.2 Å². The number of amides is 1. The summed E-state index contributed by atoms with van der Waals surface area (Å²) in [5.41, 5.74) is 0.322. The van der Waals surface area contributed by atoms with Crippen molar-refractivity contribution in [3.05, 3.63) is 54.2 Å². The fraction of sp³-hybridized carbons (Fsp3) is 0.552. The van der Waals surface area contributed by atoms with Crippen LogP contribution in [0.15, 0.2) is 41.2 Å². The van der Waals surface area contributed by atoms with Gasteiger partial charge in [-0.25, -0.2) is 23.1 Å². The molecule has 0 N–H and O–H groups in total. The van der Waals surface area contributed by atoms with E-state index in [4.69, 9.17) is 4.52 Å². The van der Waals surface area contributed by atoms with Crippen molar-refractivity contribution in [1.82, 2.24) is 20.1 Å². The molecule has 6 saturated carbocycles. The summed E-state index contributed by atoms with van der Waals surface area (Å²) in [6, 6.07) is 7.86. The minimum absolute atomic E-state index is 0.00888. The van der Waals surface area contributed by atoms with E-state index >= 15 is 0 Å². The summed E-state index contributed by atoms with van der Waals surface area (Å²) in [6.45, 7) is 2.38. The van der Waals surface area contributed by atoms with Crippen molar-refractivity contribution in [2.24, 2.45) is 10.8 Å². The number of fused-ring (bicyclic) bond motifs is 3. The molecule has 4 bridgehead atoms. The van der Waals surface area contributed by atoms with E-state index in [-0.39, 0.29) is 16.7 Å². The van der Waals surface area contributed by atoms with Crippen LogP contribution in [0.25, 0.3) is 11.1 Å². The monoisotopic (exact) mass is 537 g/mol. The number of nitrogens with zero attached hydrogens (tertiary/aromatic N) is 5. The van der Waals surface area contributed by atoms with Gasteiger partial charge in [0.25, 0.3) is 0 Å². The first-order valence-corrected chi connectivity index (χ1v) is 13.6. The number of benzene rings is 1. The highest BCUT2D eigenvalue weighted by Gasteiger charge is 2.73. The summed E-state index contributed by atoms with van der Waals surface area (Å²) < 4.78 is 45.9. The molecule has 2 heterocycles. The molecule has 39 heavy (non-hydrogen) atoms. The third kappa shape index (κ3) is 3.89. The Kier molecular flexibility index (Phi) is 5.29. The lowest BCUT2D eigenvalue weighted by Crippen LogP contribution is -2.71. The molecular weight excluding hydrogens is 507 g/mol. The Morgan fingerprint density at radius 2 is 1.69 bits per heavy atom. The van der Waals surface area contributed by atoms with Crippen molar-refractivity contribution in [3.8, 4) is 11.1 Å². The Morgan fingerprint density at radius 3 is 2.28 bits per heavy atom. The van der Waals surface area contributed by atoms with E-state index in [1.165, 1.54) is 0 Å². The molecule has 1 aromatic carbocycles. The topological polar surface area (TPSA) is 85.0 Å². The average Bonchev–Trinajstić information content (AvgIpc) is 3.43. The molecule has 204 valence electrons. The van der Waals surface area contributed by atoms with Gasteiger partial charge >= 0.3 is 6.43 Å². The van der Waals surface area contributed by atoms with Crippen LogP contribution in [0.3, 0.4) is 0 Å². The highest BCUT2D eigenvalue weighted by Crippen LogP contribution is 2.70. The summed E-state index contributed by atoms with van der Waals surface area (Å²) in [5.74, 6) is 0.455. The number of hydrogen-bond acceptors (Lipinski definition) is 6. The second-order valence-electron chi connectivity index (χ2n) is 12.5. The molecule has 0 spiro atoms. The second-order valence-corrected chi connectivity index (χ2v) is 12.5. The third-order valence-electron chi connectivity index (χ3n) is 9.92. The summed E-state index contributed by atoms with van der Waals surface area (Å²) >= 11 is 0. The zero-order chi connectivity index (χ0) is 27.0. The van der Waals surface area contributed by atoms with E-state index in [0.717, 1.165) is 55.3 Å². The van der Waals surface area contributed by atoms with E-state index in [1.54, 1.807) is 12.4 Å². The first-order valence-electron chi connectivity index (χ1n) is 13.6. The number of alkyl halides is 3. The maximum absolute atomic E-state index is 14.5. The van der Waals surface area contributed by atoms with Crippen LogP contribution < -0.4 is 4.90 Å². The molecule has 7 nitrogen and oxygen atoms in total. The minimum atomic E-state index is -2.76. The Bertz CT molecular complexity index is 1390. The lowest BCUT2D eigenvalue weighted by Gasteiger charge is -2.65. The van der Waals surface area contributed by atoms with Crippen LogP contribution in [0.5, 0.6) is 0 Å². The predicted octanol–water partition coefficient (Wildman–Crippen LogP) is 6.29. The average molecular weight is 538 g/mol. The standard InChI is InChI=1S/C29H30F3N5O2/c1-18-33-12-20(13-34-18)19-3-2-4-21(11-19)37(25(38)28-14-29(32,15-28)16-28)17-26-5-8-27(9-6-26,10-7-26)24-35-23(22(30)31)36-39-24/h2-4,11-13,22H,5-10,14-17H2,1H3. The first-order chi connectivity index (χ1) is 18.6. The Labute approximate surface area is 224 Å². The van der Waals surface area contributed by atoms with Crippen molar-refractivity contribution < 1.29 is 22.5 Å². The Morgan fingerprint density at radius 1 is 1.03 bits per heavy atom. The van der Waals surface area contributed by atoms with Gasteiger partial charge in [0.15, 0.2) is 0 Å². The van der Waals surface area contributed by atoms with Gasteiger partial charge in [-0.2, -0.15) is 4.98 Å². The number of hydrogen-bond donors (Lipinski definition) is 0. The summed E-state index contributed by atoms with van der Waals surface area (Å²) in [6.07, 6.45) is 6.45. The van der Waals surface area contributed by atoms with Gasteiger partial charge in [0.1, 0.15) is 11.5 Å². The quantitative estimate of drug-likeness (QED) is 0.352. The fourth-order valence-electron chi connectivity index (χ4n) is 7.55. The van der Waals surface area contributed by atoms with Gasteiger partial charge in [0, 0.05) is 35.6 Å². The van der Waals surface area contributed by atoms with Crippen LogP contribution in [0.1, 0.15) is 81.8 Å². The third-order valence-corrected chi connectivity index (χ3v) is 9.92. The van der Waals surface area contributed by atoms with Crippen molar-refractivity contribution in [2.75, 3.05) is 11.4 Å². The highest BCUT2D eigenvalue weighted by atomic mass is 19.3. The number of aromatic nitrogens is 4.